The summed E-state index contributed by atoms with van der Waals surface area (Å²) in [6, 6.07) is 9.58. The average Bonchev–Trinajstić information content (AvgIpc) is 2.48. The maximum atomic E-state index is 11.4. The van der Waals surface area contributed by atoms with Crippen molar-refractivity contribution in [2.24, 2.45) is 5.73 Å². The Morgan fingerprint density at radius 2 is 1.95 bits per heavy atom. The van der Waals surface area contributed by atoms with Gasteiger partial charge in [-0.1, -0.05) is 11.6 Å². The summed E-state index contributed by atoms with van der Waals surface area (Å²) < 4.78 is 5.48. The third-order valence-corrected chi connectivity index (χ3v) is 2.96. The van der Waals surface area contributed by atoms with Gasteiger partial charge in [0.1, 0.15) is 23.1 Å². The summed E-state index contributed by atoms with van der Waals surface area (Å²) in [5.41, 5.74) is 4.99. The molecule has 2 aromatic rings. The summed E-state index contributed by atoms with van der Waals surface area (Å²) in [5, 5.41) is 20.1. The van der Waals surface area contributed by atoms with Crippen LogP contribution >= 0.6 is 11.6 Å². The summed E-state index contributed by atoms with van der Waals surface area (Å²) in [5.74, 6) is -0.585. The largest absolute Gasteiger partial charge is 0.455 e. The molecule has 2 N–H and O–H groups in total. The highest BCUT2D eigenvalue weighted by Crippen LogP contribution is 2.31. The Labute approximate surface area is 129 Å². The first-order chi connectivity index (χ1) is 10.4. The summed E-state index contributed by atoms with van der Waals surface area (Å²) in [4.78, 5) is 21.5. The molecular weight excluding hydrogens is 310 g/mol. The first-order valence-corrected chi connectivity index (χ1v) is 6.26. The van der Waals surface area contributed by atoms with Gasteiger partial charge < -0.3 is 10.5 Å². The minimum atomic E-state index is -0.752. The number of carbonyl (C=O) groups is 1. The van der Waals surface area contributed by atoms with Crippen LogP contribution in [0.15, 0.2) is 36.4 Å². The van der Waals surface area contributed by atoms with E-state index >= 15 is 0 Å². The van der Waals surface area contributed by atoms with Gasteiger partial charge in [-0.05, 0) is 24.3 Å². The molecule has 0 atom stereocenters. The molecule has 0 fully saturated rings. The number of carbonyl (C=O) groups excluding carboxylic acids is 1. The highest BCUT2D eigenvalue weighted by Gasteiger charge is 2.15. The Hall–Kier alpha value is -3.11. The van der Waals surface area contributed by atoms with E-state index in [-0.39, 0.29) is 28.3 Å². The van der Waals surface area contributed by atoms with E-state index in [1.54, 1.807) is 6.07 Å². The van der Waals surface area contributed by atoms with Crippen LogP contribution in [0, 0.1) is 21.4 Å². The lowest BCUT2D eigenvalue weighted by atomic mass is 10.1. The number of primary amides is 1. The monoisotopic (exact) mass is 317 g/mol. The molecule has 0 aliphatic rings. The first-order valence-electron chi connectivity index (χ1n) is 5.88. The highest BCUT2D eigenvalue weighted by atomic mass is 35.5. The fraction of sp³-hybridized carbons (Fsp3) is 0. The second kappa shape index (κ2) is 6.11. The van der Waals surface area contributed by atoms with E-state index in [0.29, 0.717) is 5.02 Å². The number of nitriles is 1. The van der Waals surface area contributed by atoms with Crippen molar-refractivity contribution < 1.29 is 14.5 Å². The second-order valence-corrected chi connectivity index (χ2v) is 4.59. The minimum absolute atomic E-state index is 0.0368. The van der Waals surface area contributed by atoms with Crippen LogP contribution in [0.2, 0.25) is 5.02 Å². The van der Waals surface area contributed by atoms with Crippen LogP contribution in [0.25, 0.3) is 0 Å². The number of halogens is 1. The van der Waals surface area contributed by atoms with Crippen LogP contribution in [0.1, 0.15) is 15.9 Å². The number of nitrogens with zero attached hydrogens (tertiary/aromatic N) is 2. The zero-order chi connectivity index (χ0) is 16.3. The fourth-order valence-corrected chi connectivity index (χ4v) is 1.88. The number of nitro benzene ring substituents is 1. The Balaban J connectivity index is 2.46. The molecule has 0 unspecified atom stereocenters. The van der Waals surface area contributed by atoms with Crippen molar-refractivity contribution in [2.45, 2.75) is 0 Å². The topological polar surface area (TPSA) is 119 Å². The van der Waals surface area contributed by atoms with Gasteiger partial charge in [-0.2, -0.15) is 5.26 Å². The van der Waals surface area contributed by atoms with Crippen LogP contribution < -0.4 is 10.5 Å². The molecule has 2 aromatic carbocycles. The SMILES string of the molecule is N#Cc1cc([N+](=O)[O-])ccc1Oc1ccc(Cl)cc1C(N)=O. The number of rotatable bonds is 4. The molecule has 0 heterocycles. The number of nitrogens with two attached hydrogens (primary N) is 1. The molecule has 7 nitrogen and oxygen atoms in total. The molecule has 8 heteroatoms. The molecule has 22 heavy (non-hydrogen) atoms. The number of ether oxygens (including phenoxy) is 1. The van der Waals surface area contributed by atoms with Crippen LogP contribution in [0.4, 0.5) is 5.69 Å². The molecule has 0 aromatic heterocycles. The number of non-ortho nitro benzene ring substituents is 1. The zero-order valence-corrected chi connectivity index (χ0v) is 11.7. The lowest BCUT2D eigenvalue weighted by Crippen LogP contribution is -2.12. The number of hydrogen-bond acceptors (Lipinski definition) is 5. The van der Waals surface area contributed by atoms with Gasteiger partial charge in [-0.15, -0.1) is 0 Å². The van der Waals surface area contributed by atoms with Gasteiger partial charge in [0.2, 0.25) is 0 Å². The second-order valence-electron chi connectivity index (χ2n) is 4.16. The quantitative estimate of drug-likeness (QED) is 0.686. The lowest BCUT2D eigenvalue weighted by Gasteiger charge is -2.10. The molecule has 0 bridgehead atoms. The predicted octanol–water partition coefficient (Wildman–Crippen LogP) is 3.01. The third-order valence-electron chi connectivity index (χ3n) is 2.72. The molecule has 2 rings (SSSR count). The standard InChI is InChI=1S/C14H8ClN3O4/c15-9-1-3-13(11(6-9)14(17)19)22-12-4-2-10(18(20)21)5-8(12)7-16/h1-6H,(H2,17,19). The molecule has 0 saturated carbocycles. The fourth-order valence-electron chi connectivity index (χ4n) is 1.71. The normalized spacial score (nSPS) is 9.82. The van der Waals surface area contributed by atoms with Crippen LogP contribution in [-0.2, 0) is 0 Å². The van der Waals surface area contributed by atoms with Crippen molar-refractivity contribution in [3.05, 3.63) is 62.7 Å². The van der Waals surface area contributed by atoms with Gasteiger partial charge in [-0.25, -0.2) is 0 Å². The summed E-state index contributed by atoms with van der Waals surface area (Å²) in [6.07, 6.45) is 0. The summed E-state index contributed by atoms with van der Waals surface area (Å²) in [7, 11) is 0. The van der Waals surface area contributed by atoms with Crippen LogP contribution in [-0.4, -0.2) is 10.8 Å². The molecule has 0 saturated heterocycles. The van der Waals surface area contributed by atoms with Crippen molar-refractivity contribution in [1.29, 1.82) is 5.26 Å². The van der Waals surface area contributed by atoms with Gasteiger partial charge in [-0.3, -0.25) is 14.9 Å². The van der Waals surface area contributed by atoms with Crippen molar-refractivity contribution in [1.82, 2.24) is 0 Å². The number of benzene rings is 2. The summed E-state index contributed by atoms with van der Waals surface area (Å²) in [6.45, 7) is 0. The van der Waals surface area contributed by atoms with Crippen molar-refractivity contribution in [3.63, 3.8) is 0 Å². The Morgan fingerprint density at radius 3 is 2.55 bits per heavy atom. The van der Waals surface area contributed by atoms with Gasteiger partial charge in [0.05, 0.1) is 10.5 Å². The van der Waals surface area contributed by atoms with E-state index in [9.17, 15) is 14.9 Å². The van der Waals surface area contributed by atoms with Gasteiger partial charge in [0.15, 0.2) is 0 Å². The van der Waals surface area contributed by atoms with E-state index in [1.807, 2.05) is 0 Å². The van der Waals surface area contributed by atoms with Crippen molar-refractivity contribution >= 4 is 23.2 Å². The molecule has 110 valence electrons. The number of hydrogen-bond donors (Lipinski definition) is 1. The minimum Gasteiger partial charge on any atom is -0.455 e. The van der Waals surface area contributed by atoms with Crippen LogP contribution in [0.5, 0.6) is 11.5 Å². The van der Waals surface area contributed by atoms with Crippen LogP contribution in [0.3, 0.4) is 0 Å². The smallest absolute Gasteiger partial charge is 0.271 e. The lowest BCUT2D eigenvalue weighted by molar-refractivity contribution is -0.384. The number of amides is 1. The van der Waals surface area contributed by atoms with Gasteiger partial charge in [0.25, 0.3) is 11.6 Å². The average molecular weight is 318 g/mol. The maximum absolute atomic E-state index is 11.4. The molecule has 0 aliphatic heterocycles. The van der Waals surface area contributed by atoms with E-state index in [0.717, 1.165) is 6.07 Å². The maximum Gasteiger partial charge on any atom is 0.271 e. The Morgan fingerprint density at radius 1 is 1.27 bits per heavy atom. The third kappa shape index (κ3) is 3.13. The Kier molecular flexibility index (Phi) is 4.25. The van der Waals surface area contributed by atoms with E-state index in [2.05, 4.69) is 0 Å². The number of nitro groups is 1. The Bertz CT molecular complexity index is 814. The molecule has 0 radical (unpaired) electrons. The molecule has 1 amide bonds. The zero-order valence-electron chi connectivity index (χ0n) is 10.9. The molecule has 0 spiro atoms. The first kappa shape index (κ1) is 15.3. The molecular formula is C14H8ClN3O4. The van der Waals surface area contributed by atoms with Gasteiger partial charge >= 0.3 is 0 Å². The predicted molar refractivity (Wildman–Crippen MR) is 77.9 cm³/mol. The van der Waals surface area contributed by atoms with Crippen molar-refractivity contribution in [3.8, 4) is 17.6 Å². The summed E-state index contributed by atoms with van der Waals surface area (Å²) >= 11 is 5.79. The highest BCUT2D eigenvalue weighted by molar-refractivity contribution is 6.31. The van der Waals surface area contributed by atoms with E-state index in [4.69, 9.17) is 27.3 Å². The van der Waals surface area contributed by atoms with Crippen molar-refractivity contribution in [2.75, 3.05) is 0 Å². The van der Waals surface area contributed by atoms with E-state index < -0.39 is 10.8 Å². The van der Waals surface area contributed by atoms with Gasteiger partial charge in [0, 0.05) is 17.2 Å². The molecule has 0 aliphatic carbocycles. The van der Waals surface area contributed by atoms with E-state index in [1.165, 1.54) is 30.3 Å².